The van der Waals surface area contributed by atoms with E-state index in [1.165, 1.54) is 0 Å². The van der Waals surface area contributed by atoms with Gasteiger partial charge in [0.15, 0.2) is 5.78 Å². The summed E-state index contributed by atoms with van der Waals surface area (Å²) >= 11 is 3.68. The minimum Gasteiger partial charge on any atom is -0.476 e. The summed E-state index contributed by atoms with van der Waals surface area (Å²) in [6, 6.07) is 17.1. The van der Waals surface area contributed by atoms with Gasteiger partial charge in [0.05, 0.1) is 16.7 Å². The first kappa shape index (κ1) is 26.9. The molecule has 1 heterocycles. The molecule has 1 saturated heterocycles. The standard InChI is InChI=1S/C29H27BrN2O7/c1-27-20(17-11-5-3-6-12-17)21(18-13-7-4-8-14-18)28(2,25(27)36)29(30)22(27)23(33)31(26(29)37)16-10-9-15-19(24(34)35)32(38)39/h3-8,11-14,19,22H,9-10,15-16H2,1-2H3,(H,34,35)/t19-,22?,27?,28?,29+/m0/s1. The molecular formula is C29H27BrN2O7. The number of carboxylic acid groups (broad SMARTS) is 1. The fourth-order valence-corrected chi connectivity index (χ4v) is 8.24. The number of ketones is 1. The highest BCUT2D eigenvalue weighted by atomic mass is 79.9. The van der Waals surface area contributed by atoms with Crippen molar-refractivity contribution in [3.05, 3.63) is 81.9 Å². The molecule has 202 valence electrons. The zero-order chi connectivity index (χ0) is 28.3. The van der Waals surface area contributed by atoms with Crippen LogP contribution in [0.25, 0.3) is 11.1 Å². The Morgan fingerprint density at radius 3 is 2.05 bits per heavy atom. The van der Waals surface area contributed by atoms with Crippen LogP contribution in [-0.2, 0) is 19.2 Å². The molecule has 2 bridgehead atoms. The van der Waals surface area contributed by atoms with Crippen molar-refractivity contribution in [2.75, 3.05) is 6.54 Å². The second-order valence-corrected chi connectivity index (χ2v) is 12.0. The molecule has 2 aliphatic carbocycles. The van der Waals surface area contributed by atoms with Crippen molar-refractivity contribution in [1.82, 2.24) is 4.90 Å². The summed E-state index contributed by atoms with van der Waals surface area (Å²) in [6.07, 6.45) is 0.134. The van der Waals surface area contributed by atoms with E-state index in [0.717, 1.165) is 21.6 Å². The molecule has 1 saturated carbocycles. The van der Waals surface area contributed by atoms with Crippen molar-refractivity contribution in [3.63, 3.8) is 0 Å². The van der Waals surface area contributed by atoms with Crippen molar-refractivity contribution in [2.45, 2.75) is 43.5 Å². The third kappa shape index (κ3) is 3.43. The number of benzene rings is 2. The average Bonchev–Trinajstić information content (AvgIpc) is 3.29. The van der Waals surface area contributed by atoms with Crippen molar-refractivity contribution in [2.24, 2.45) is 16.7 Å². The fraction of sp³-hybridized carbons (Fsp3) is 0.379. The van der Waals surface area contributed by atoms with Gasteiger partial charge in [0.2, 0.25) is 11.8 Å². The van der Waals surface area contributed by atoms with Crippen LogP contribution in [0, 0.1) is 26.9 Å². The van der Waals surface area contributed by atoms with Crippen molar-refractivity contribution in [3.8, 4) is 0 Å². The Hall–Kier alpha value is -3.66. The summed E-state index contributed by atoms with van der Waals surface area (Å²) in [4.78, 5) is 64.8. The van der Waals surface area contributed by atoms with Gasteiger partial charge in [-0.3, -0.25) is 29.4 Å². The largest absolute Gasteiger partial charge is 0.476 e. The monoisotopic (exact) mass is 594 g/mol. The summed E-state index contributed by atoms with van der Waals surface area (Å²) < 4.78 is -1.50. The number of amides is 2. The van der Waals surface area contributed by atoms with Crippen LogP contribution >= 0.6 is 15.9 Å². The summed E-state index contributed by atoms with van der Waals surface area (Å²) in [5.41, 5.74) is 0.427. The van der Waals surface area contributed by atoms with E-state index in [1.807, 2.05) is 60.7 Å². The van der Waals surface area contributed by atoms with E-state index in [4.69, 9.17) is 5.11 Å². The number of carbonyl (C=O) groups is 4. The number of unbranched alkanes of at least 4 members (excludes halogenated alkanes) is 1. The van der Waals surface area contributed by atoms with Gasteiger partial charge in [-0.15, -0.1) is 0 Å². The van der Waals surface area contributed by atoms with Gasteiger partial charge in [0, 0.05) is 17.9 Å². The number of nitrogens with zero attached hydrogens (tertiary/aromatic N) is 2. The number of fused-ring (bicyclic) bond motifs is 5. The second-order valence-electron chi connectivity index (χ2n) is 10.7. The van der Waals surface area contributed by atoms with E-state index in [1.54, 1.807) is 13.8 Å². The molecule has 0 spiro atoms. The molecule has 9 nitrogen and oxygen atoms in total. The van der Waals surface area contributed by atoms with Gasteiger partial charge >= 0.3 is 12.0 Å². The van der Waals surface area contributed by atoms with E-state index in [-0.39, 0.29) is 31.6 Å². The number of imide groups is 1. The first-order chi connectivity index (χ1) is 18.4. The molecule has 2 aromatic carbocycles. The van der Waals surface area contributed by atoms with E-state index in [2.05, 4.69) is 15.9 Å². The summed E-state index contributed by atoms with van der Waals surface area (Å²) in [7, 11) is 0. The Labute approximate surface area is 233 Å². The third-order valence-corrected chi connectivity index (χ3v) is 10.3. The molecule has 0 radical (unpaired) electrons. The first-order valence-corrected chi connectivity index (χ1v) is 13.5. The number of alkyl halides is 1. The zero-order valence-electron chi connectivity index (χ0n) is 21.4. The number of carbonyl (C=O) groups excluding carboxylic acids is 3. The van der Waals surface area contributed by atoms with Crippen LogP contribution in [0.3, 0.4) is 0 Å². The topological polar surface area (TPSA) is 135 Å². The Kier molecular flexibility index (Phi) is 6.37. The fourth-order valence-electron chi connectivity index (χ4n) is 7.00. The number of aliphatic carboxylic acids is 1. The molecule has 2 fully saturated rings. The van der Waals surface area contributed by atoms with E-state index in [9.17, 15) is 29.3 Å². The molecule has 2 amide bonds. The molecule has 5 rings (SSSR count). The lowest BCUT2D eigenvalue weighted by molar-refractivity contribution is -0.511. The first-order valence-electron chi connectivity index (χ1n) is 12.8. The molecule has 0 aromatic heterocycles. The molecule has 3 aliphatic rings. The van der Waals surface area contributed by atoms with Crippen LogP contribution in [0.1, 0.15) is 44.2 Å². The number of carboxylic acids is 1. The quantitative estimate of drug-likeness (QED) is 0.151. The maximum absolute atomic E-state index is 14.3. The van der Waals surface area contributed by atoms with Gasteiger partial charge in [-0.25, -0.2) is 4.79 Å². The maximum atomic E-state index is 14.3. The minimum atomic E-state index is -1.74. The van der Waals surface area contributed by atoms with Crippen LogP contribution < -0.4 is 0 Å². The predicted molar refractivity (Wildman–Crippen MR) is 145 cm³/mol. The molecule has 1 N–H and O–H groups in total. The highest BCUT2D eigenvalue weighted by Gasteiger charge is 2.85. The number of nitro groups is 1. The van der Waals surface area contributed by atoms with E-state index in [0.29, 0.717) is 5.57 Å². The normalized spacial score (nSPS) is 30.2. The molecule has 10 heteroatoms. The van der Waals surface area contributed by atoms with Gasteiger partial charge in [-0.05, 0) is 49.0 Å². The summed E-state index contributed by atoms with van der Waals surface area (Å²) in [6.45, 7) is 3.47. The van der Waals surface area contributed by atoms with Crippen LogP contribution in [0.15, 0.2) is 60.7 Å². The average molecular weight is 595 g/mol. The lowest BCUT2D eigenvalue weighted by Gasteiger charge is -2.41. The highest BCUT2D eigenvalue weighted by molar-refractivity contribution is 9.10. The van der Waals surface area contributed by atoms with Crippen LogP contribution in [-0.4, -0.2) is 55.4 Å². The third-order valence-electron chi connectivity index (χ3n) is 8.74. The summed E-state index contributed by atoms with van der Waals surface area (Å²) in [5, 5.41) is 20.1. The predicted octanol–water partition coefficient (Wildman–Crippen LogP) is 4.23. The number of likely N-dealkylation sites (tertiary alicyclic amines) is 1. The van der Waals surface area contributed by atoms with Gasteiger partial charge in [0.1, 0.15) is 4.32 Å². The Bertz CT molecular complexity index is 1430. The SMILES string of the molecule is CC12C(=O)C(C)(C(c3ccccc3)=C1c1ccccc1)[C@]1(Br)C(=O)N(CCCC[C@@H](C(=O)O)[N+](=O)[O-])C(=O)C21. The maximum Gasteiger partial charge on any atom is 0.379 e. The lowest BCUT2D eigenvalue weighted by atomic mass is 9.63. The van der Waals surface area contributed by atoms with E-state index < -0.39 is 49.8 Å². The number of rotatable bonds is 9. The Balaban J connectivity index is 1.56. The Morgan fingerprint density at radius 2 is 1.54 bits per heavy atom. The van der Waals surface area contributed by atoms with Gasteiger partial charge in [0.25, 0.3) is 0 Å². The van der Waals surface area contributed by atoms with Gasteiger partial charge in [-0.2, -0.15) is 0 Å². The number of Topliss-reactive ketones (excluding diaryl/α,β-unsaturated/α-hetero) is 1. The summed E-state index contributed by atoms with van der Waals surface area (Å²) in [5.74, 6) is -3.68. The molecule has 3 unspecified atom stereocenters. The molecule has 2 aromatic rings. The number of allylic oxidation sites excluding steroid dienone is 2. The smallest absolute Gasteiger partial charge is 0.379 e. The van der Waals surface area contributed by atoms with Crippen molar-refractivity contribution in [1.29, 1.82) is 0 Å². The van der Waals surface area contributed by atoms with E-state index >= 15 is 0 Å². The Morgan fingerprint density at radius 1 is 1.00 bits per heavy atom. The number of halogens is 1. The van der Waals surface area contributed by atoms with Crippen LogP contribution in [0.5, 0.6) is 0 Å². The zero-order valence-corrected chi connectivity index (χ0v) is 23.0. The molecule has 1 aliphatic heterocycles. The molecule has 5 atom stereocenters. The second kappa shape index (κ2) is 9.22. The van der Waals surface area contributed by atoms with Gasteiger partial charge < -0.3 is 5.11 Å². The molecular weight excluding hydrogens is 568 g/mol. The highest BCUT2D eigenvalue weighted by Crippen LogP contribution is 2.77. The van der Waals surface area contributed by atoms with Crippen LogP contribution in [0.2, 0.25) is 0 Å². The lowest BCUT2D eigenvalue weighted by Crippen LogP contribution is -2.50. The van der Waals surface area contributed by atoms with Crippen molar-refractivity contribution < 1.29 is 29.2 Å². The molecule has 39 heavy (non-hydrogen) atoms. The van der Waals surface area contributed by atoms with Crippen molar-refractivity contribution >= 4 is 50.6 Å². The van der Waals surface area contributed by atoms with Gasteiger partial charge in [-0.1, -0.05) is 76.6 Å². The number of hydrogen-bond acceptors (Lipinski definition) is 6. The number of hydrogen-bond donors (Lipinski definition) is 1. The minimum absolute atomic E-state index is 0.0206. The van der Waals surface area contributed by atoms with Crippen LogP contribution in [0.4, 0.5) is 0 Å².